The maximum atomic E-state index is 5.04. The summed E-state index contributed by atoms with van der Waals surface area (Å²) in [6, 6.07) is 0. The standard InChI is InChI=1S/C7H18N.BBrCl3/c1-5-8(4,6-2)7-3;2-1(3,4)5/h5-7H2,1-4H3;/q+1;-1. The van der Waals surface area contributed by atoms with Gasteiger partial charge in [0.15, 0.2) is 0 Å². The van der Waals surface area contributed by atoms with Crippen LogP contribution in [0.15, 0.2) is 0 Å². The van der Waals surface area contributed by atoms with Crippen LogP contribution in [0.4, 0.5) is 0 Å². The molecule has 0 bridgehead atoms. The Hall–Kier alpha value is 1.37. The van der Waals surface area contributed by atoms with Crippen LogP contribution in [-0.2, 0) is 0 Å². The Morgan fingerprint density at radius 1 is 1.00 bits per heavy atom. The van der Waals surface area contributed by atoms with Crippen LogP contribution in [0.1, 0.15) is 20.8 Å². The van der Waals surface area contributed by atoms with Gasteiger partial charge in [-0.05, 0) is 20.8 Å². The summed E-state index contributed by atoms with van der Waals surface area (Å²) in [5.41, 5.74) is 0. The van der Waals surface area contributed by atoms with E-state index in [-0.39, 0.29) is 0 Å². The molecule has 1 nitrogen and oxygen atoms in total. The van der Waals surface area contributed by atoms with E-state index in [4.69, 9.17) is 34.4 Å². The highest BCUT2D eigenvalue weighted by Gasteiger charge is 2.10. The molecule has 82 valence electrons. The van der Waals surface area contributed by atoms with Crippen molar-refractivity contribution >= 4 is 53.4 Å². The fourth-order valence-electron chi connectivity index (χ4n) is 0.671. The predicted octanol–water partition coefficient (Wildman–Crippen LogP) is 4.03. The van der Waals surface area contributed by atoms with Gasteiger partial charge in [0.25, 0.3) is 0 Å². The van der Waals surface area contributed by atoms with Crippen molar-refractivity contribution in [3.8, 4) is 0 Å². The van der Waals surface area contributed by atoms with Crippen LogP contribution in [0.25, 0.3) is 0 Å². The molecule has 0 aliphatic heterocycles. The summed E-state index contributed by atoms with van der Waals surface area (Å²) in [6.07, 6.45) is 0. The molecule has 0 radical (unpaired) electrons. The van der Waals surface area contributed by atoms with E-state index in [1.54, 1.807) is 0 Å². The highest BCUT2D eigenvalue weighted by Crippen LogP contribution is 2.25. The first-order valence-electron chi connectivity index (χ1n) is 4.39. The number of nitrogens with zero attached hydrogens (tertiary/aromatic N) is 1. The maximum absolute atomic E-state index is 5.04. The fraction of sp³-hybridized carbons (Fsp3) is 1.00. The van der Waals surface area contributed by atoms with Gasteiger partial charge in [-0.25, -0.2) is 0 Å². The van der Waals surface area contributed by atoms with Crippen LogP contribution in [0.5, 0.6) is 0 Å². The second-order valence-electron chi connectivity index (χ2n) is 3.06. The molecule has 0 amide bonds. The topological polar surface area (TPSA) is 0 Å². The maximum Gasteiger partial charge on any atom is 0.306 e. The van der Waals surface area contributed by atoms with Gasteiger partial charge in [-0.1, -0.05) is 0 Å². The SMILES string of the molecule is CC[N+](C)(CC)CC.Cl[B-](Cl)(Cl)Br. The Morgan fingerprint density at radius 3 is 1.15 bits per heavy atom. The molecule has 0 atom stereocenters. The molecule has 0 aromatic heterocycles. The molecule has 0 saturated heterocycles. The number of hydrogen-bond donors (Lipinski definition) is 0. The smallest absolute Gasteiger partial charge is 0.306 e. The molecule has 0 saturated carbocycles. The van der Waals surface area contributed by atoms with Gasteiger partial charge in [0.2, 0.25) is 0 Å². The lowest BCUT2D eigenvalue weighted by molar-refractivity contribution is -0.904. The average molecular weight is 313 g/mol. The molecule has 0 N–H and O–H groups in total. The third kappa shape index (κ3) is 16.1. The van der Waals surface area contributed by atoms with Gasteiger partial charge in [-0.3, -0.25) is 15.8 Å². The highest BCUT2D eigenvalue weighted by molar-refractivity contribution is 9.30. The number of quaternary nitrogens is 1. The largest absolute Gasteiger partial charge is 0.337 e. The van der Waals surface area contributed by atoms with Gasteiger partial charge in [0, 0.05) is 0 Å². The fourth-order valence-corrected chi connectivity index (χ4v) is 0.671. The predicted molar refractivity (Wildman–Crippen MR) is 70.0 cm³/mol. The lowest BCUT2D eigenvalue weighted by atomic mass is 10.4. The molecule has 0 aromatic carbocycles. The first-order valence-corrected chi connectivity index (χ1v) is 6.62. The second-order valence-corrected chi connectivity index (χ2v) is 8.65. The zero-order valence-electron chi connectivity index (χ0n) is 8.66. The van der Waals surface area contributed by atoms with Gasteiger partial charge in [0.05, 0.1) is 26.7 Å². The molecule has 6 heteroatoms. The van der Waals surface area contributed by atoms with Gasteiger partial charge >= 0.3 is 3.22 Å². The van der Waals surface area contributed by atoms with Crippen molar-refractivity contribution in [1.29, 1.82) is 0 Å². The van der Waals surface area contributed by atoms with Crippen LogP contribution < -0.4 is 0 Å². The zero-order valence-corrected chi connectivity index (χ0v) is 12.5. The van der Waals surface area contributed by atoms with Crippen molar-refractivity contribution in [3.63, 3.8) is 0 Å². The van der Waals surface area contributed by atoms with E-state index in [1.165, 1.54) is 24.1 Å². The molecule has 0 aliphatic rings. The molecular formula is C7H18BBrCl3N. The molecule has 0 fully saturated rings. The summed E-state index contributed by atoms with van der Waals surface area (Å²) in [4.78, 5) is 0. The zero-order chi connectivity index (χ0) is 11.1. The average Bonchev–Trinajstić information content (AvgIpc) is 2.00. The van der Waals surface area contributed by atoms with Crippen molar-refractivity contribution in [2.24, 2.45) is 0 Å². The summed E-state index contributed by atoms with van der Waals surface area (Å²) >= 11 is 17.9. The van der Waals surface area contributed by atoms with Crippen LogP contribution in [0.2, 0.25) is 0 Å². The molecule has 0 aliphatic carbocycles. The number of hydrogen-bond acceptors (Lipinski definition) is 0. The minimum atomic E-state index is -1.77. The van der Waals surface area contributed by atoms with E-state index in [0.29, 0.717) is 0 Å². The summed E-state index contributed by atoms with van der Waals surface area (Å²) in [7, 11) is 2.29. The van der Waals surface area contributed by atoms with Crippen LogP contribution in [-0.4, -0.2) is 34.4 Å². The Kier molecular flexibility index (Phi) is 9.87. The Bertz CT molecular complexity index is 111. The number of halogens is 4. The van der Waals surface area contributed by atoms with E-state index in [0.717, 1.165) is 0 Å². The number of rotatable bonds is 3. The van der Waals surface area contributed by atoms with E-state index in [9.17, 15) is 0 Å². The van der Waals surface area contributed by atoms with Crippen molar-refractivity contribution in [2.45, 2.75) is 20.8 Å². The first-order chi connectivity index (χ1) is 5.68. The van der Waals surface area contributed by atoms with Crippen molar-refractivity contribution < 1.29 is 4.48 Å². The minimum Gasteiger partial charge on any atom is -0.337 e. The van der Waals surface area contributed by atoms with E-state index >= 15 is 0 Å². The first kappa shape index (κ1) is 16.8. The van der Waals surface area contributed by atoms with Gasteiger partial charge in [-0.2, -0.15) is 0 Å². The van der Waals surface area contributed by atoms with Crippen molar-refractivity contribution in [1.82, 2.24) is 0 Å². The molecule has 0 rings (SSSR count). The molecule has 0 unspecified atom stereocenters. The van der Waals surface area contributed by atoms with Crippen molar-refractivity contribution in [2.75, 3.05) is 26.7 Å². The van der Waals surface area contributed by atoms with E-state index in [1.807, 2.05) is 0 Å². The third-order valence-electron chi connectivity index (χ3n) is 2.29. The normalized spacial score (nSPS) is 12.0. The van der Waals surface area contributed by atoms with Crippen molar-refractivity contribution in [3.05, 3.63) is 0 Å². The third-order valence-corrected chi connectivity index (χ3v) is 2.29. The molecule has 0 aromatic rings. The molecule has 0 heterocycles. The van der Waals surface area contributed by atoms with E-state index in [2.05, 4.69) is 43.6 Å². The van der Waals surface area contributed by atoms with E-state index < -0.39 is 3.22 Å². The molecule has 13 heavy (non-hydrogen) atoms. The summed E-state index contributed by atoms with van der Waals surface area (Å²) in [5, 5.41) is 0. The summed E-state index contributed by atoms with van der Waals surface area (Å²) < 4.78 is -0.562. The highest BCUT2D eigenvalue weighted by atomic mass is 79.9. The Morgan fingerprint density at radius 2 is 1.15 bits per heavy atom. The van der Waals surface area contributed by atoms with Crippen LogP contribution in [0.3, 0.4) is 0 Å². The van der Waals surface area contributed by atoms with Gasteiger partial charge in [-0.15, -0.1) is 0 Å². The van der Waals surface area contributed by atoms with Crippen LogP contribution >= 0.6 is 50.1 Å². The minimum absolute atomic E-state index is 1.21. The monoisotopic (exact) mass is 311 g/mol. The van der Waals surface area contributed by atoms with Crippen LogP contribution in [0, 0.1) is 0 Å². The lowest BCUT2D eigenvalue weighted by Gasteiger charge is -2.30. The lowest BCUT2D eigenvalue weighted by Crippen LogP contribution is -2.42. The molecule has 0 spiro atoms. The van der Waals surface area contributed by atoms with Gasteiger partial charge in [0.1, 0.15) is 0 Å². The van der Waals surface area contributed by atoms with Gasteiger partial charge < -0.3 is 38.9 Å². The molecular weight excluding hydrogens is 295 g/mol. The second kappa shape index (κ2) is 7.64. The Labute approximate surface area is 105 Å². The summed E-state index contributed by atoms with van der Waals surface area (Å²) in [6.45, 7) is 10.5. The summed E-state index contributed by atoms with van der Waals surface area (Å²) in [5.74, 6) is 0. The quantitative estimate of drug-likeness (QED) is 0.545. The Balaban J connectivity index is 0.